The third-order valence-corrected chi connectivity index (χ3v) is 6.36. The highest BCUT2D eigenvalue weighted by atomic mass is 35.5. The number of carbonyl (C=O) groups excluding carboxylic acids is 1. The Morgan fingerprint density at radius 2 is 1.94 bits per heavy atom. The molecular formula is C23H28ClN3O3S. The zero-order valence-corrected chi connectivity index (χ0v) is 19.5. The summed E-state index contributed by atoms with van der Waals surface area (Å²) in [4.78, 5) is 22.3. The van der Waals surface area contributed by atoms with E-state index in [0.717, 1.165) is 65.9 Å². The highest BCUT2D eigenvalue weighted by molar-refractivity contribution is 7.22. The first-order chi connectivity index (χ1) is 14.6. The average Bonchev–Trinajstić information content (AvgIpc) is 3.20. The third-order valence-electron chi connectivity index (χ3n) is 5.32. The van der Waals surface area contributed by atoms with Crippen LogP contribution in [0.15, 0.2) is 42.5 Å². The zero-order chi connectivity index (χ0) is 20.9. The van der Waals surface area contributed by atoms with Crippen molar-refractivity contribution in [3.05, 3.63) is 53.6 Å². The molecule has 0 N–H and O–H groups in total. The molecule has 0 atom stereocenters. The molecule has 31 heavy (non-hydrogen) atoms. The standard InChI is InChI=1S/C23H27N3O3S.ClH/c1-17-4-6-18(7-5-17)22(27)26(11-3-10-25-12-14-29-15-13-25)23-24-20-9-8-19(28-2)16-21(20)30-23;/h4-9,16H,3,10-15H2,1-2H3;1H. The van der Waals surface area contributed by atoms with Crippen LogP contribution in [0.2, 0.25) is 0 Å². The van der Waals surface area contributed by atoms with Crippen LogP contribution in [0.25, 0.3) is 10.2 Å². The smallest absolute Gasteiger partial charge is 0.260 e. The van der Waals surface area contributed by atoms with Crippen molar-refractivity contribution in [1.29, 1.82) is 0 Å². The number of aromatic nitrogens is 1. The molecule has 0 unspecified atom stereocenters. The summed E-state index contributed by atoms with van der Waals surface area (Å²) in [5.74, 6) is 0.782. The molecular weight excluding hydrogens is 434 g/mol. The molecule has 1 aliphatic rings. The number of benzene rings is 2. The minimum absolute atomic E-state index is 0. The molecule has 4 rings (SSSR count). The first kappa shape index (κ1) is 23.5. The molecule has 1 amide bonds. The third kappa shape index (κ3) is 5.74. The van der Waals surface area contributed by atoms with Crippen LogP contribution < -0.4 is 9.64 Å². The number of carbonyl (C=O) groups is 1. The van der Waals surface area contributed by atoms with Crippen molar-refractivity contribution in [3.8, 4) is 5.75 Å². The Kier molecular flexibility index (Phi) is 8.26. The molecule has 0 spiro atoms. The van der Waals surface area contributed by atoms with Crippen LogP contribution in [-0.4, -0.2) is 62.3 Å². The van der Waals surface area contributed by atoms with E-state index in [4.69, 9.17) is 14.5 Å². The van der Waals surface area contributed by atoms with Gasteiger partial charge in [-0.15, -0.1) is 12.4 Å². The molecule has 166 valence electrons. The number of anilines is 1. The number of nitrogens with zero attached hydrogens (tertiary/aromatic N) is 3. The summed E-state index contributed by atoms with van der Waals surface area (Å²) in [7, 11) is 1.65. The number of rotatable bonds is 7. The monoisotopic (exact) mass is 461 g/mol. The maximum atomic E-state index is 13.4. The summed E-state index contributed by atoms with van der Waals surface area (Å²) >= 11 is 1.53. The molecule has 8 heteroatoms. The van der Waals surface area contributed by atoms with Crippen molar-refractivity contribution in [2.24, 2.45) is 0 Å². The summed E-state index contributed by atoms with van der Waals surface area (Å²) < 4.78 is 11.8. The van der Waals surface area contributed by atoms with Gasteiger partial charge >= 0.3 is 0 Å². The van der Waals surface area contributed by atoms with E-state index < -0.39 is 0 Å². The summed E-state index contributed by atoms with van der Waals surface area (Å²) in [6, 6.07) is 13.5. The van der Waals surface area contributed by atoms with E-state index in [9.17, 15) is 4.79 Å². The number of morpholine rings is 1. The zero-order valence-electron chi connectivity index (χ0n) is 17.9. The number of thiazole rings is 1. The van der Waals surface area contributed by atoms with Gasteiger partial charge < -0.3 is 9.47 Å². The Morgan fingerprint density at radius 3 is 2.65 bits per heavy atom. The quantitative estimate of drug-likeness (QED) is 0.521. The van der Waals surface area contributed by atoms with E-state index in [1.54, 1.807) is 7.11 Å². The minimum atomic E-state index is -0.0111. The average molecular weight is 462 g/mol. The fourth-order valence-electron chi connectivity index (χ4n) is 3.55. The van der Waals surface area contributed by atoms with Gasteiger partial charge in [-0.3, -0.25) is 14.6 Å². The van der Waals surface area contributed by atoms with Gasteiger partial charge in [-0.2, -0.15) is 0 Å². The van der Waals surface area contributed by atoms with E-state index >= 15 is 0 Å². The highest BCUT2D eigenvalue weighted by Crippen LogP contribution is 2.32. The minimum Gasteiger partial charge on any atom is -0.497 e. The SMILES string of the molecule is COc1ccc2nc(N(CCCN3CCOCC3)C(=O)c3ccc(C)cc3)sc2c1.Cl. The summed E-state index contributed by atoms with van der Waals surface area (Å²) in [5, 5.41) is 0.728. The van der Waals surface area contributed by atoms with Crippen LogP contribution in [-0.2, 0) is 4.74 Å². The number of hydrogen-bond acceptors (Lipinski definition) is 6. The second kappa shape index (κ2) is 10.9. The normalized spacial score (nSPS) is 14.3. The summed E-state index contributed by atoms with van der Waals surface area (Å²) in [6.45, 7) is 7.06. The lowest BCUT2D eigenvalue weighted by molar-refractivity contribution is 0.0376. The number of methoxy groups -OCH3 is 1. The van der Waals surface area contributed by atoms with Gasteiger partial charge in [-0.05, 0) is 43.7 Å². The predicted molar refractivity (Wildman–Crippen MR) is 128 cm³/mol. The first-order valence-electron chi connectivity index (χ1n) is 10.3. The lowest BCUT2D eigenvalue weighted by Crippen LogP contribution is -2.39. The Hall–Kier alpha value is -2.19. The van der Waals surface area contributed by atoms with Gasteiger partial charge in [0.1, 0.15) is 5.75 Å². The number of ether oxygens (including phenoxy) is 2. The van der Waals surface area contributed by atoms with Gasteiger partial charge in [0.15, 0.2) is 5.13 Å². The van der Waals surface area contributed by atoms with Crippen molar-refractivity contribution in [3.63, 3.8) is 0 Å². The molecule has 6 nitrogen and oxygen atoms in total. The van der Waals surface area contributed by atoms with Gasteiger partial charge in [0.05, 0.1) is 30.5 Å². The fourth-order valence-corrected chi connectivity index (χ4v) is 4.57. The molecule has 1 aromatic heterocycles. The molecule has 1 fully saturated rings. The Morgan fingerprint density at radius 1 is 1.19 bits per heavy atom. The number of amides is 1. The first-order valence-corrected chi connectivity index (χ1v) is 11.1. The number of halogens is 1. The lowest BCUT2D eigenvalue weighted by Gasteiger charge is -2.27. The fraction of sp³-hybridized carbons (Fsp3) is 0.391. The molecule has 3 aromatic rings. The summed E-state index contributed by atoms with van der Waals surface area (Å²) in [5.41, 5.74) is 2.70. The molecule has 0 saturated carbocycles. The topological polar surface area (TPSA) is 54.9 Å². The van der Waals surface area contributed by atoms with Crippen molar-refractivity contribution in [2.75, 3.05) is 51.4 Å². The number of fused-ring (bicyclic) bond motifs is 1. The number of aryl methyl sites for hydroxylation is 1. The molecule has 1 saturated heterocycles. The Bertz CT molecular complexity index is 1000. The van der Waals surface area contributed by atoms with Crippen LogP contribution >= 0.6 is 23.7 Å². The molecule has 0 radical (unpaired) electrons. The molecule has 2 heterocycles. The largest absolute Gasteiger partial charge is 0.497 e. The molecule has 0 aliphatic carbocycles. The van der Waals surface area contributed by atoms with E-state index in [1.807, 2.05) is 54.3 Å². The van der Waals surface area contributed by atoms with Crippen LogP contribution in [0.1, 0.15) is 22.3 Å². The van der Waals surface area contributed by atoms with Gasteiger partial charge in [0.25, 0.3) is 5.91 Å². The molecule has 0 bridgehead atoms. The maximum absolute atomic E-state index is 13.4. The maximum Gasteiger partial charge on any atom is 0.260 e. The van der Waals surface area contributed by atoms with Crippen LogP contribution in [0.4, 0.5) is 5.13 Å². The van der Waals surface area contributed by atoms with Crippen molar-refractivity contribution >= 4 is 45.0 Å². The number of hydrogen-bond donors (Lipinski definition) is 0. The van der Waals surface area contributed by atoms with Crippen molar-refractivity contribution in [2.45, 2.75) is 13.3 Å². The highest BCUT2D eigenvalue weighted by Gasteiger charge is 2.22. The second-order valence-electron chi connectivity index (χ2n) is 7.46. The Balaban J connectivity index is 0.00000272. The predicted octanol–water partition coefficient (Wildman–Crippen LogP) is 4.40. The van der Waals surface area contributed by atoms with Gasteiger partial charge in [0, 0.05) is 31.7 Å². The Labute approximate surface area is 193 Å². The van der Waals surface area contributed by atoms with E-state index in [2.05, 4.69) is 4.90 Å². The van der Waals surface area contributed by atoms with Crippen LogP contribution in [0.3, 0.4) is 0 Å². The molecule has 2 aromatic carbocycles. The van der Waals surface area contributed by atoms with Crippen LogP contribution in [0.5, 0.6) is 5.75 Å². The van der Waals surface area contributed by atoms with E-state index in [0.29, 0.717) is 12.1 Å². The van der Waals surface area contributed by atoms with Gasteiger partial charge in [0.2, 0.25) is 0 Å². The summed E-state index contributed by atoms with van der Waals surface area (Å²) in [6.07, 6.45) is 0.886. The van der Waals surface area contributed by atoms with Gasteiger partial charge in [-0.1, -0.05) is 29.0 Å². The molecule has 1 aliphatic heterocycles. The van der Waals surface area contributed by atoms with E-state index in [-0.39, 0.29) is 18.3 Å². The van der Waals surface area contributed by atoms with Crippen molar-refractivity contribution in [1.82, 2.24) is 9.88 Å². The van der Waals surface area contributed by atoms with Gasteiger partial charge in [-0.25, -0.2) is 4.98 Å². The van der Waals surface area contributed by atoms with Crippen molar-refractivity contribution < 1.29 is 14.3 Å². The lowest BCUT2D eigenvalue weighted by atomic mass is 10.1. The van der Waals surface area contributed by atoms with E-state index in [1.165, 1.54) is 11.3 Å². The van der Waals surface area contributed by atoms with Crippen LogP contribution in [0, 0.1) is 6.92 Å². The second-order valence-corrected chi connectivity index (χ2v) is 8.47.